The molecule has 2 aromatic heterocycles. The monoisotopic (exact) mass is 1140 g/mol. The summed E-state index contributed by atoms with van der Waals surface area (Å²) in [6.45, 7) is 17.8. The van der Waals surface area contributed by atoms with Crippen molar-refractivity contribution in [1.29, 1.82) is 0 Å². The van der Waals surface area contributed by atoms with Gasteiger partial charge in [0.1, 0.15) is 47.7 Å². The molecule has 2 atom stereocenters. The van der Waals surface area contributed by atoms with Crippen molar-refractivity contribution in [2.45, 2.75) is 67.5 Å². The summed E-state index contributed by atoms with van der Waals surface area (Å²) >= 11 is -0.346. The first-order valence-electron chi connectivity index (χ1n) is 23.8. The normalized spacial score (nSPS) is 11.8. The Morgan fingerprint density at radius 2 is 0.644 bits per heavy atom. The van der Waals surface area contributed by atoms with Crippen molar-refractivity contribution in [2.24, 2.45) is 0 Å². The first-order chi connectivity index (χ1) is 35.1. The molecule has 8 nitrogen and oxygen atoms in total. The molecule has 8 aromatic rings. The topological polar surface area (TPSA) is 110 Å². The number of aromatic nitrogens is 2. The zero-order chi connectivity index (χ0) is 52.9. The molecule has 0 spiro atoms. The second-order valence-electron chi connectivity index (χ2n) is 17.8. The van der Waals surface area contributed by atoms with Crippen LogP contribution in [0.4, 0.5) is 0 Å². The molecule has 2 heterocycles. The summed E-state index contributed by atoms with van der Waals surface area (Å²) < 4.78 is 24.6. The van der Waals surface area contributed by atoms with E-state index in [0.29, 0.717) is 23.5 Å². The molecular formula is C60H66Cl2N4O4P2Ru+2. The van der Waals surface area contributed by atoms with Crippen LogP contribution in [0.5, 0.6) is 23.5 Å². The van der Waals surface area contributed by atoms with Crippen LogP contribution in [0.25, 0.3) is 22.6 Å². The molecule has 0 saturated heterocycles. The smallest absolute Gasteiger partial charge is 0.0606 e. The minimum Gasteiger partial charge on any atom is -0.672 e. The van der Waals surface area contributed by atoms with Gasteiger partial charge in [0, 0.05) is 12.1 Å². The van der Waals surface area contributed by atoms with Crippen LogP contribution in [0.15, 0.2) is 146 Å². The zero-order valence-corrected chi connectivity index (χ0v) is 48.9. The maximum Gasteiger partial charge on any atom is -0.0606 e. The van der Waals surface area contributed by atoms with Crippen LogP contribution in [-0.4, -0.2) is 38.4 Å². The van der Waals surface area contributed by atoms with E-state index in [1.165, 1.54) is 65.7 Å². The van der Waals surface area contributed by atoms with Gasteiger partial charge in [-0.15, -0.1) is 12.1 Å². The van der Waals surface area contributed by atoms with E-state index in [1.807, 2.05) is 60.7 Å². The molecule has 6 aromatic carbocycles. The van der Waals surface area contributed by atoms with Crippen molar-refractivity contribution >= 4 is 67.1 Å². The van der Waals surface area contributed by atoms with Crippen molar-refractivity contribution in [2.75, 3.05) is 28.4 Å². The SMILES string of the molecule is COc1cc([PH+](c2c(C)cccc2C)c2c(C)cccc2C)c(-c2c([PH+](c3c(C)cccc3C)c3c(C)cccc3C)cc(OC)nc2OC)c(OC)n1.[Cl][Ru+2][Cl].[NH-]C(c1ccccc1)C([NH-])c1ccccc1. The van der Waals surface area contributed by atoms with Gasteiger partial charge < -0.3 is 30.4 Å². The molecule has 0 saturated carbocycles. The molecule has 13 heteroatoms. The standard InChI is InChI=1S/C46H50N2O4P2.C14H14N2.2ClH.Ru/c1-27-17-13-18-28(2)41(27)53(42-29(3)19-14-20-30(42)4)35-25-37(49-9)47-45(51-11)39(35)40-36(26-38(50-10)48-46(40)52-12)54(43-31(5)21-15-22-32(43)6)44-33(7)23-16-24-34(44)8;15-13(11-7-3-1-4-8-11)14(16)12-9-5-2-6-10-12;;;/h13-26H,1-12H3;1-10,13-16H;2*1H;/q;-2;;;+4. The molecule has 2 unspecified atom stereocenters. The molecule has 2 N–H and O–H groups in total. The van der Waals surface area contributed by atoms with Crippen LogP contribution in [-0.2, 0) is 15.1 Å². The van der Waals surface area contributed by atoms with E-state index in [-0.39, 0.29) is 15.1 Å². The van der Waals surface area contributed by atoms with E-state index in [1.54, 1.807) is 28.4 Å². The molecule has 0 aliphatic heterocycles. The molecule has 0 fully saturated rings. The van der Waals surface area contributed by atoms with Gasteiger partial charge in [-0.05, 0) is 99.9 Å². The summed E-state index contributed by atoms with van der Waals surface area (Å²) in [6.07, 6.45) is 0. The van der Waals surface area contributed by atoms with E-state index < -0.39 is 27.9 Å². The van der Waals surface area contributed by atoms with Crippen LogP contribution < -0.4 is 50.8 Å². The molecule has 0 bridgehead atoms. The fourth-order valence-electron chi connectivity index (χ4n) is 9.71. The number of hydrogen-bond donors (Lipinski definition) is 0. The van der Waals surface area contributed by atoms with Gasteiger partial charge in [-0.1, -0.05) is 145 Å². The first-order valence-corrected chi connectivity index (χ1v) is 31.3. The second kappa shape index (κ2) is 26.8. The second-order valence-corrected chi connectivity index (χ2v) is 25.1. The quantitative estimate of drug-likeness (QED) is 0.0792. The molecule has 73 heavy (non-hydrogen) atoms. The number of aryl methyl sites for hydroxylation is 8. The number of methoxy groups -OCH3 is 4. The summed E-state index contributed by atoms with van der Waals surface area (Å²) in [4.78, 5) is 10.0. The van der Waals surface area contributed by atoms with E-state index in [9.17, 15) is 0 Å². The number of nitrogens with zero attached hydrogens (tertiary/aromatic N) is 2. The molecule has 380 valence electrons. The molecule has 0 aliphatic rings. The summed E-state index contributed by atoms with van der Waals surface area (Å²) in [7, 11) is 12.8. The molecule has 0 radical (unpaired) electrons. The van der Waals surface area contributed by atoms with E-state index >= 15 is 0 Å². The Bertz CT molecular complexity index is 2740. The van der Waals surface area contributed by atoms with Crippen LogP contribution in [0.3, 0.4) is 0 Å². The average Bonchev–Trinajstić information content (AvgIpc) is 3.39. The van der Waals surface area contributed by atoms with Crippen molar-refractivity contribution in [3.8, 4) is 34.6 Å². The number of pyridine rings is 2. The number of benzene rings is 6. The Labute approximate surface area is 451 Å². The van der Waals surface area contributed by atoms with Crippen molar-refractivity contribution in [3.63, 3.8) is 0 Å². The Morgan fingerprint density at radius 1 is 0.397 bits per heavy atom. The Hall–Kier alpha value is -5.20. The average molecular weight is 1140 g/mol. The predicted octanol–water partition coefficient (Wildman–Crippen LogP) is 13.6. The van der Waals surface area contributed by atoms with E-state index in [2.05, 4.69) is 140 Å². The molecule has 0 amide bonds. The number of rotatable bonds is 14. The van der Waals surface area contributed by atoms with Gasteiger partial charge >= 0.3 is 34.5 Å². The summed E-state index contributed by atoms with van der Waals surface area (Å²) in [6, 6.07) is 48.7. The van der Waals surface area contributed by atoms with E-state index in [0.717, 1.165) is 32.9 Å². The van der Waals surface area contributed by atoms with Gasteiger partial charge in [0.05, 0.1) is 39.6 Å². The number of halogens is 2. The third-order valence-corrected chi connectivity index (χ3v) is 20.1. The van der Waals surface area contributed by atoms with Crippen LogP contribution in [0.2, 0.25) is 0 Å². The van der Waals surface area contributed by atoms with Gasteiger partial charge in [-0.25, -0.2) is 0 Å². The number of ether oxygens (including phenoxy) is 4. The third-order valence-electron chi connectivity index (χ3n) is 13.1. The minimum absolute atomic E-state index is 0.346. The Morgan fingerprint density at radius 3 is 0.863 bits per heavy atom. The predicted molar refractivity (Wildman–Crippen MR) is 310 cm³/mol. The van der Waals surface area contributed by atoms with Crippen molar-refractivity contribution in [1.82, 2.24) is 9.97 Å². The van der Waals surface area contributed by atoms with Crippen LogP contribution in [0.1, 0.15) is 67.7 Å². The maximum atomic E-state index is 8.07. The van der Waals surface area contributed by atoms with Gasteiger partial charge in [0.15, 0.2) is 0 Å². The number of hydrogen-bond acceptors (Lipinski definition) is 6. The zero-order valence-electron chi connectivity index (χ0n) is 43.6. The van der Waals surface area contributed by atoms with Crippen molar-refractivity contribution < 1.29 is 34.1 Å². The molecule has 0 aliphatic carbocycles. The molecule has 8 rings (SSSR count). The van der Waals surface area contributed by atoms with Gasteiger partial charge in [-0.2, -0.15) is 9.97 Å². The summed E-state index contributed by atoms with van der Waals surface area (Å²) in [5.41, 5.74) is 29.6. The van der Waals surface area contributed by atoms with Crippen LogP contribution >= 0.6 is 35.2 Å². The van der Waals surface area contributed by atoms with Gasteiger partial charge in [0.2, 0.25) is 23.5 Å². The van der Waals surface area contributed by atoms with Gasteiger partial charge in [-0.3, -0.25) is 0 Å². The van der Waals surface area contributed by atoms with Gasteiger partial charge in [0.25, 0.3) is 0 Å². The largest absolute Gasteiger partial charge is 0.672 e. The maximum absolute atomic E-state index is 8.07. The number of nitrogens with one attached hydrogen (secondary N) is 2. The third kappa shape index (κ3) is 13.0. The Balaban J connectivity index is 0.000000382. The van der Waals surface area contributed by atoms with E-state index in [4.69, 9.17) is 59.8 Å². The Kier molecular flexibility index (Phi) is 21.0. The fraction of sp³-hybridized carbons (Fsp3) is 0.233. The summed E-state index contributed by atoms with van der Waals surface area (Å²) in [5, 5.41) is 7.49. The minimum atomic E-state index is -1.78. The summed E-state index contributed by atoms with van der Waals surface area (Å²) in [5.74, 6) is 1.89. The van der Waals surface area contributed by atoms with Crippen molar-refractivity contribution in [3.05, 3.63) is 213 Å². The van der Waals surface area contributed by atoms with Crippen LogP contribution in [0, 0.1) is 55.4 Å². The fourth-order valence-corrected chi connectivity index (χ4v) is 16.6. The molecular weight excluding hydrogens is 1070 g/mol. The first kappa shape index (κ1) is 57.1.